The minimum absolute atomic E-state index is 0.124. The number of aromatic carboxylic acids is 1. The zero-order chi connectivity index (χ0) is 23.0. The summed E-state index contributed by atoms with van der Waals surface area (Å²) in [5, 5.41) is 20.1. The molecule has 0 aliphatic carbocycles. The first kappa shape index (κ1) is 21.9. The molecule has 1 heterocycles. The lowest BCUT2D eigenvalue weighted by Gasteiger charge is -2.14. The molecule has 3 aromatic carbocycles. The highest BCUT2D eigenvalue weighted by Gasteiger charge is 2.25. The normalized spacial score (nSPS) is 11.4. The Bertz CT molecular complexity index is 1430. The average molecular weight is 490 g/mol. The molecule has 0 radical (unpaired) electrons. The zero-order valence-electron chi connectivity index (χ0n) is 16.5. The van der Waals surface area contributed by atoms with E-state index in [0.717, 1.165) is 32.7 Å². The van der Waals surface area contributed by atoms with E-state index in [1.54, 1.807) is 29.5 Å². The van der Waals surface area contributed by atoms with E-state index < -0.39 is 31.7 Å². The Morgan fingerprint density at radius 3 is 2.53 bits per heavy atom. The minimum atomic E-state index is -4.40. The molecule has 4 aromatic rings. The van der Waals surface area contributed by atoms with Crippen LogP contribution in [0.4, 0.5) is 5.69 Å². The molecule has 0 saturated carbocycles. The number of ether oxygens (including phenoxy) is 1. The molecule has 3 N–H and O–H groups in total. The summed E-state index contributed by atoms with van der Waals surface area (Å²) in [6, 6.07) is 16.7. The van der Waals surface area contributed by atoms with Crippen molar-refractivity contribution in [2.24, 2.45) is 0 Å². The van der Waals surface area contributed by atoms with Crippen LogP contribution in [-0.4, -0.2) is 31.7 Å². The van der Waals surface area contributed by atoms with Gasteiger partial charge in [-0.3, -0.25) is 4.72 Å². The molecule has 1 aromatic heterocycles. The van der Waals surface area contributed by atoms with E-state index >= 15 is 0 Å². The first-order chi connectivity index (χ1) is 15.2. The van der Waals surface area contributed by atoms with Gasteiger partial charge < -0.3 is 14.9 Å². The highest BCUT2D eigenvalue weighted by atomic mass is 35.5. The van der Waals surface area contributed by atoms with Gasteiger partial charge in [0.2, 0.25) is 0 Å². The van der Waals surface area contributed by atoms with Crippen LogP contribution in [-0.2, 0) is 10.0 Å². The lowest BCUT2D eigenvalue weighted by atomic mass is 10.1. The molecular formula is C22H16ClNO6S2. The van der Waals surface area contributed by atoms with Crippen molar-refractivity contribution in [2.75, 3.05) is 11.8 Å². The second kappa shape index (κ2) is 8.34. The number of phenols is 1. The number of rotatable bonds is 6. The van der Waals surface area contributed by atoms with Gasteiger partial charge in [-0.1, -0.05) is 29.8 Å². The van der Waals surface area contributed by atoms with Crippen molar-refractivity contribution in [1.29, 1.82) is 0 Å². The molecule has 164 valence electrons. The van der Waals surface area contributed by atoms with Gasteiger partial charge in [0.05, 0.1) is 23.4 Å². The van der Waals surface area contributed by atoms with E-state index in [0.29, 0.717) is 0 Å². The van der Waals surface area contributed by atoms with Crippen LogP contribution in [0.25, 0.3) is 20.5 Å². The Labute approximate surface area is 192 Å². The predicted molar refractivity (Wildman–Crippen MR) is 125 cm³/mol. The maximum absolute atomic E-state index is 13.0. The predicted octanol–water partition coefficient (Wildman–Crippen LogP) is 5.43. The summed E-state index contributed by atoms with van der Waals surface area (Å²) in [7, 11) is -3.01. The van der Waals surface area contributed by atoms with Crippen molar-refractivity contribution < 1.29 is 28.2 Å². The number of benzene rings is 3. The summed E-state index contributed by atoms with van der Waals surface area (Å²) < 4.78 is 34.8. The largest absolute Gasteiger partial charge is 0.505 e. The number of sulfonamides is 1. The lowest BCUT2D eigenvalue weighted by Crippen LogP contribution is -2.15. The third-order valence-corrected chi connectivity index (χ3v) is 7.55. The van der Waals surface area contributed by atoms with Crippen molar-refractivity contribution in [3.8, 4) is 21.9 Å². The van der Waals surface area contributed by atoms with Crippen LogP contribution in [0.15, 0.2) is 65.6 Å². The summed E-state index contributed by atoms with van der Waals surface area (Å²) >= 11 is 7.40. The van der Waals surface area contributed by atoms with Gasteiger partial charge in [0, 0.05) is 9.58 Å². The number of methoxy groups -OCH3 is 1. The number of phenolic OH excluding ortho intramolecular Hbond substituents is 1. The van der Waals surface area contributed by atoms with Crippen LogP contribution in [0.3, 0.4) is 0 Å². The second-order valence-corrected chi connectivity index (χ2v) is 9.92. The highest BCUT2D eigenvalue weighted by Crippen LogP contribution is 2.39. The molecule has 0 spiro atoms. The van der Waals surface area contributed by atoms with Gasteiger partial charge >= 0.3 is 5.97 Å². The van der Waals surface area contributed by atoms with Gasteiger partial charge in [-0.25, -0.2) is 13.2 Å². The zero-order valence-corrected chi connectivity index (χ0v) is 18.9. The van der Waals surface area contributed by atoms with Gasteiger partial charge in [-0.2, -0.15) is 0 Å². The van der Waals surface area contributed by atoms with Gasteiger partial charge in [0.1, 0.15) is 10.6 Å². The van der Waals surface area contributed by atoms with Crippen molar-refractivity contribution in [1.82, 2.24) is 0 Å². The monoisotopic (exact) mass is 489 g/mol. The topological polar surface area (TPSA) is 113 Å². The summed E-state index contributed by atoms with van der Waals surface area (Å²) in [6.07, 6.45) is 0. The summed E-state index contributed by atoms with van der Waals surface area (Å²) in [5.74, 6) is -1.88. The number of fused-ring (bicyclic) bond motifs is 1. The first-order valence-electron chi connectivity index (χ1n) is 9.15. The number of aromatic hydroxyl groups is 1. The number of anilines is 1. The molecule has 32 heavy (non-hydrogen) atoms. The Morgan fingerprint density at radius 2 is 1.84 bits per heavy atom. The average Bonchev–Trinajstić information content (AvgIpc) is 3.19. The molecule has 0 atom stereocenters. The van der Waals surface area contributed by atoms with Crippen LogP contribution in [0.1, 0.15) is 10.4 Å². The van der Waals surface area contributed by atoms with Gasteiger partial charge in [0.15, 0.2) is 5.75 Å². The van der Waals surface area contributed by atoms with Crippen LogP contribution >= 0.6 is 22.9 Å². The van der Waals surface area contributed by atoms with E-state index in [2.05, 4.69) is 4.72 Å². The van der Waals surface area contributed by atoms with E-state index in [1.165, 1.54) is 7.11 Å². The Morgan fingerprint density at radius 1 is 1.09 bits per heavy atom. The second-order valence-electron chi connectivity index (χ2n) is 6.78. The Balaban J connectivity index is 1.78. The van der Waals surface area contributed by atoms with Crippen molar-refractivity contribution in [2.45, 2.75) is 4.90 Å². The van der Waals surface area contributed by atoms with Crippen molar-refractivity contribution >= 4 is 54.7 Å². The fourth-order valence-electron chi connectivity index (χ4n) is 3.17. The van der Waals surface area contributed by atoms with Crippen LogP contribution in [0.5, 0.6) is 11.5 Å². The third-order valence-electron chi connectivity index (χ3n) is 4.72. The summed E-state index contributed by atoms with van der Waals surface area (Å²) in [6.45, 7) is 0. The van der Waals surface area contributed by atoms with Crippen LogP contribution < -0.4 is 9.46 Å². The number of carboxylic acid groups (broad SMARTS) is 1. The molecule has 0 aliphatic rings. The number of halogens is 1. The molecule has 0 aliphatic heterocycles. The smallest absolute Gasteiger partial charge is 0.335 e. The quantitative estimate of drug-likeness (QED) is 0.332. The molecule has 7 nitrogen and oxygen atoms in total. The fourth-order valence-corrected chi connectivity index (χ4v) is 5.71. The van der Waals surface area contributed by atoms with E-state index in [-0.39, 0.29) is 17.0 Å². The molecule has 10 heteroatoms. The van der Waals surface area contributed by atoms with E-state index in [9.17, 15) is 23.4 Å². The van der Waals surface area contributed by atoms with Gasteiger partial charge in [0.25, 0.3) is 10.0 Å². The van der Waals surface area contributed by atoms with Crippen molar-refractivity contribution in [3.63, 3.8) is 0 Å². The molecule has 0 bridgehead atoms. The van der Waals surface area contributed by atoms with E-state index in [4.69, 9.17) is 16.3 Å². The Kier molecular flexibility index (Phi) is 5.72. The third kappa shape index (κ3) is 4.10. The fraction of sp³-hybridized carbons (Fsp3) is 0.0455. The summed E-state index contributed by atoms with van der Waals surface area (Å²) in [4.78, 5) is 11.6. The molecule has 0 fully saturated rings. The number of carboxylic acids is 1. The first-order valence-corrected chi connectivity index (χ1v) is 11.8. The van der Waals surface area contributed by atoms with Gasteiger partial charge in [-0.05, 0) is 53.4 Å². The molecular weight excluding hydrogens is 474 g/mol. The molecule has 0 saturated heterocycles. The molecule has 4 rings (SSSR count). The molecule has 0 amide bonds. The van der Waals surface area contributed by atoms with Crippen molar-refractivity contribution in [3.05, 3.63) is 71.2 Å². The lowest BCUT2D eigenvalue weighted by molar-refractivity contribution is 0.0696. The number of nitrogens with one attached hydrogen (secondary N) is 1. The van der Waals surface area contributed by atoms with Crippen LogP contribution in [0, 0.1) is 0 Å². The van der Waals surface area contributed by atoms with Crippen LogP contribution in [0.2, 0.25) is 5.02 Å². The maximum atomic E-state index is 13.0. The minimum Gasteiger partial charge on any atom is -0.505 e. The number of hydrogen-bond donors (Lipinski definition) is 3. The standard InChI is InChI=1S/C22H16ClNO6S2/c1-30-17-7-6-13(19-10-12-4-2-3-5-18(12)31-19)9-16(17)24-32(28,29)20-11-14(22(26)27)8-15(23)21(20)25/h2-11,24-25H,1H3,(H,26,27). The number of hydrogen-bond acceptors (Lipinski definition) is 6. The number of carbonyl (C=O) groups is 1. The maximum Gasteiger partial charge on any atom is 0.335 e. The summed E-state index contributed by atoms with van der Waals surface area (Å²) in [5.41, 5.74) is 0.504. The number of thiophene rings is 1. The SMILES string of the molecule is COc1ccc(-c2cc3ccccc3s2)cc1NS(=O)(=O)c1cc(C(=O)O)cc(Cl)c1O. The highest BCUT2D eigenvalue weighted by molar-refractivity contribution is 7.92. The van der Waals surface area contributed by atoms with Gasteiger partial charge in [-0.15, -0.1) is 11.3 Å². The molecule has 0 unspecified atom stereocenters. The van der Waals surface area contributed by atoms with E-state index in [1.807, 2.05) is 30.3 Å². The Hall–Kier alpha value is -3.27.